The van der Waals surface area contributed by atoms with Gasteiger partial charge in [-0.15, -0.1) is 0 Å². The van der Waals surface area contributed by atoms with Crippen molar-refractivity contribution in [2.24, 2.45) is 0 Å². The minimum Gasteiger partial charge on any atom is -0.496 e. The number of thiazole rings is 1. The van der Waals surface area contributed by atoms with E-state index in [4.69, 9.17) is 9.72 Å². The van der Waals surface area contributed by atoms with Crippen molar-refractivity contribution in [3.63, 3.8) is 0 Å². The molecule has 2 aromatic heterocycles. The van der Waals surface area contributed by atoms with Crippen LogP contribution in [0.3, 0.4) is 0 Å². The van der Waals surface area contributed by atoms with Crippen LogP contribution in [0.15, 0.2) is 36.5 Å². The maximum Gasteiger partial charge on any atom is 0.255 e. The number of likely N-dealkylation sites (tertiary alicyclic amines) is 1. The molecule has 212 valence electrons. The molecular weight excluding hydrogens is 536 g/mol. The number of methoxy groups -OCH3 is 1. The van der Waals surface area contributed by atoms with E-state index in [1.165, 1.54) is 24.5 Å². The van der Waals surface area contributed by atoms with E-state index in [-0.39, 0.29) is 17.8 Å². The van der Waals surface area contributed by atoms with Gasteiger partial charge in [0.15, 0.2) is 4.96 Å². The fourth-order valence-corrected chi connectivity index (χ4v) is 6.69. The van der Waals surface area contributed by atoms with Gasteiger partial charge in [-0.05, 0) is 44.4 Å². The van der Waals surface area contributed by atoms with Crippen LogP contribution in [0.2, 0.25) is 0 Å². The first-order valence-electron chi connectivity index (χ1n) is 13.7. The van der Waals surface area contributed by atoms with Crippen LogP contribution in [0.1, 0.15) is 47.6 Å². The largest absolute Gasteiger partial charge is 0.496 e. The van der Waals surface area contributed by atoms with Gasteiger partial charge in [0.25, 0.3) is 5.91 Å². The molecule has 0 saturated carbocycles. The normalized spacial score (nSPS) is 20.5. The van der Waals surface area contributed by atoms with E-state index in [2.05, 4.69) is 15.5 Å². The molecule has 2 atom stereocenters. The second kappa shape index (κ2) is 11.4. The van der Waals surface area contributed by atoms with E-state index in [0.29, 0.717) is 60.5 Å². The summed E-state index contributed by atoms with van der Waals surface area (Å²) in [5, 5.41) is 15.9. The number of nitrogens with zero attached hydrogens (tertiary/aromatic N) is 3. The minimum absolute atomic E-state index is 0.197. The fraction of sp³-hybridized carbons (Fsp3) is 0.448. The predicted molar refractivity (Wildman–Crippen MR) is 151 cm³/mol. The molecule has 2 aromatic carbocycles. The highest BCUT2D eigenvalue weighted by Crippen LogP contribution is 2.35. The van der Waals surface area contributed by atoms with E-state index in [0.717, 1.165) is 41.2 Å². The molecule has 8 nitrogen and oxygen atoms in total. The molecule has 0 spiro atoms. The zero-order chi connectivity index (χ0) is 27.8. The highest BCUT2D eigenvalue weighted by molar-refractivity contribution is 7.23. The van der Waals surface area contributed by atoms with Gasteiger partial charge in [-0.2, -0.15) is 0 Å². The van der Waals surface area contributed by atoms with Crippen molar-refractivity contribution < 1.29 is 23.4 Å². The number of ether oxygens (including phenoxy) is 1. The van der Waals surface area contributed by atoms with Crippen LogP contribution < -0.4 is 15.4 Å². The van der Waals surface area contributed by atoms with E-state index >= 15 is 0 Å². The number of imidazole rings is 1. The number of nitrogens with one attached hydrogen (secondary N) is 2. The van der Waals surface area contributed by atoms with Crippen molar-refractivity contribution in [3.8, 4) is 17.0 Å². The van der Waals surface area contributed by atoms with Crippen LogP contribution in [0.5, 0.6) is 5.75 Å². The average Bonchev–Trinajstić information content (AvgIpc) is 3.65. The molecule has 4 heterocycles. The van der Waals surface area contributed by atoms with Crippen molar-refractivity contribution in [1.29, 1.82) is 0 Å². The minimum atomic E-state index is -0.685. The molecule has 4 aromatic rings. The summed E-state index contributed by atoms with van der Waals surface area (Å²) in [6.45, 7) is 3.36. The van der Waals surface area contributed by atoms with Crippen LogP contribution in [0.4, 0.5) is 8.78 Å². The molecular formula is C29H33F2N5O3S. The van der Waals surface area contributed by atoms with Gasteiger partial charge in [0.2, 0.25) is 0 Å². The molecule has 0 radical (unpaired) electrons. The third kappa shape index (κ3) is 5.43. The lowest BCUT2D eigenvalue weighted by Crippen LogP contribution is -2.36. The first-order valence-corrected chi connectivity index (χ1v) is 14.6. The Morgan fingerprint density at radius 2 is 2.10 bits per heavy atom. The third-order valence-corrected chi connectivity index (χ3v) is 8.91. The van der Waals surface area contributed by atoms with Crippen molar-refractivity contribution in [1.82, 2.24) is 24.9 Å². The topological polar surface area (TPSA) is 91.1 Å². The number of aromatic nitrogens is 2. The Labute approximate surface area is 235 Å². The first kappa shape index (κ1) is 27.1. The quantitative estimate of drug-likeness (QED) is 0.274. The number of β-amino-alcohol motifs (C(OH)–C–C–N with tert-alkyl or cyclic N) is 1. The van der Waals surface area contributed by atoms with Gasteiger partial charge in [-0.3, -0.25) is 9.20 Å². The van der Waals surface area contributed by atoms with E-state index < -0.39 is 12.3 Å². The highest BCUT2D eigenvalue weighted by Gasteiger charge is 2.26. The molecule has 2 fully saturated rings. The predicted octanol–water partition coefficient (Wildman–Crippen LogP) is 4.31. The van der Waals surface area contributed by atoms with Gasteiger partial charge in [0, 0.05) is 55.6 Å². The maximum absolute atomic E-state index is 15.0. The van der Waals surface area contributed by atoms with Crippen molar-refractivity contribution in [2.45, 2.75) is 44.0 Å². The molecule has 1 amide bonds. The Hall–Kier alpha value is -3.12. The number of piperidine rings is 1. The molecule has 0 bridgehead atoms. The zero-order valence-electron chi connectivity index (χ0n) is 22.3. The Bertz CT molecular complexity index is 1530. The molecule has 3 N–H and O–H groups in total. The molecule has 2 aliphatic rings. The molecule has 0 aliphatic carbocycles. The summed E-state index contributed by atoms with van der Waals surface area (Å²) in [5.74, 6) is -0.0636. The fourth-order valence-electron chi connectivity index (χ4n) is 5.66. The second-order valence-electron chi connectivity index (χ2n) is 10.6. The summed E-state index contributed by atoms with van der Waals surface area (Å²) < 4.78 is 36.7. The SMILES string of the molecule is COc1cc2c(cc1C(=O)NCCCN1CCC(F)CC1)sc1nc(-c3ccc([C@H]4C[C@@H](O)CN4)c(F)c3)cn12. The number of aliphatic hydroxyl groups excluding tert-OH is 1. The number of hydrogen-bond acceptors (Lipinski definition) is 7. The Kier molecular flexibility index (Phi) is 7.71. The number of rotatable bonds is 8. The van der Waals surface area contributed by atoms with Crippen LogP contribution >= 0.6 is 11.3 Å². The number of fused-ring (bicyclic) bond motifs is 3. The van der Waals surface area contributed by atoms with Crippen LogP contribution in [0.25, 0.3) is 26.4 Å². The smallest absolute Gasteiger partial charge is 0.255 e. The number of carbonyl (C=O) groups excluding carboxylic acids is 1. The number of hydrogen-bond donors (Lipinski definition) is 3. The van der Waals surface area contributed by atoms with Gasteiger partial charge in [-0.25, -0.2) is 13.8 Å². The number of benzene rings is 2. The van der Waals surface area contributed by atoms with Crippen LogP contribution in [0, 0.1) is 5.82 Å². The highest BCUT2D eigenvalue weighted by atomic mass is 32.1. The molecule has 0 unspecified atom stereocenters. The summed E-state index contributed by atoms with van der Waals surface area (Å²) in [5.41, 5.74) is 3.17. The summed E-state index contributed by atoms with van der Waals surface area (Å²) in [7, 11) is 1.54. The monoisotopic (exact) mass is 569 g/mol. The summed E-state index contributed by atoms with van der Waals surface area (Å²) >= 11 is 1.45. The second-order valence-corrected chi connectivity index (χ2v) is 11.6. The maximum atomic E-state index is 15.0. The molecule has 40 heavy (non-hydrogen) atoms. The van der Waals surface area contributed by atoms with Gasteiger partial charge >= 0.3 is 0 Å². The van der Waals surface area contributed by atoms with Gasteiger partial charge in [0.05, 0.1) is 34.7 Å². The first-order chi connectivity index (χ1) is 19.4. The Morgan fingerprint density at radius 1 is 1.27 bits per heavy atom. The number of carbonyl (C=O) groups is 1. The number of amides is 1. The van der Waals surface area contributed by atoms with E-state index in [1.54, 1.807) is 6.07 Å². The van der Waals surface area contributed by atoms with E-state index in [1.807, 2.05) is 28.8 Å². The molecule has 6 rings (SSSR count). The standard InChI is InChI=1S/C29H33F2N5O3S/c1-39-26-14-25-27(13-21(26)28(38)32-7-2-8-35-9-5-18(30)6-10-35)40-29-34-24(16-36(25)29)17-3-4-20(22(31)11-17)23-12-19(37)15-33-23/h3-4,11,13-14,16,18-19,23,33,37H,2,5-10,12,15H2,1H3,(H,32,38)/t19-,23-/m1/s1. The summed E-state index contributed by atoms with van der Waals surface area (Å²) in [6, 6.07) is 8.56. The van der Waals surface area contributed by atoms with Gasteiger partial charge in [-0.1, -0.05) is 23.5 Å². The van der Waals surface area contributed by atoms with Crippen LogP contribution in [-0.2, 0) is 0 Å². The number of aliphatic hydroxyl groups is 1. The Balaban J connectivity index is 1.17. The lowest BCUT2D eigenvalue weighted by Gasteiger charge is -2.28. The lowest BCUT2D eigenvalue weighted by molar-refractivity contribution is 0.0947. The number of alkyl halides is 1. The van der Waals surface area contributed by atoms with Gasteiger partial charge in [0.1, 0.15) is 17.7 Å². The molecule has 11 heteroatoms. The van der Waals surface area contributed by atoms with Gasteiger partial charge < -0.3 is 25.4 Å². The average molecular weight is 570 g/mol. The van der Waals surface area contributed by atoms with E-state index in [9.17, 15) is 18.7 Å². The van der Waals surface area contributed by atoms with Crippen molar-refractivity contribution in [2.75, 3.05) is 39.8 Å². The Morgan fingerprint density at radius 3 is 2.83 bits per heavy atom. The van der Waals surface area contributed by atoms with Crippen LogP contribution in [-0.4, -0.2) is 77.4 Å². The number of halogens is 2. The third-order valence-electron chi connectivity index (χ3n) is 7.89. The summed E-state index contributed by atoms with van der Waals surface area (Å²) in [6.07, 6.45) is 3.18. The molecule has 2 saturated heterocycles. The zero-order valence-corrected chi connectivity index (χ0v) is 23.1. The lowest BCUT2D eigenvalue weighted by atomic mass is 10.0. The van der Waals surface area contributed by atoms with Crippen molar-refractivity contribution in [3.05, 3.63) is 53.5 Å². The summed E-state index contributed by atoms with van der Waals surface area (Å²) in [4.78, 5) is 20.7. The molecule has 2 aliphatic heterocycles. The van der Waals surface area contributed by atoms with Crippen molar-refractivity contribution >= 4 is 32.4 Å².